The minimum absolute atomic E-state index is 0.0673. The SMILES string of the molecule is CC(=O)Nc1cccc(C(=O)O[C@H](C)C(=O)Nc2ccc(S(=O)(=O)NC(C)C)cc2)c1. The van der Waals surface area contributed by atoms with Gasteiger partial charge < -0.3 is 15.4 Å². The van der Waals surface area contributed by atoms with Crippen LogP contribution in [0, 0.1) is 0 Å². The van der Waals surface area contributed by atoms with Gasteiger partial charge in [-0.1, -0.05) is 6.07 Å². The quantitative estimate of drug-likeness (QED) is 0.533. The van der Waals surface area contributed by atoms with E-state index in [1.165, 1.54) is 50.2 Å². The number of nitrogens with one attached hydrogen (secondary N) is 3. The van der Waals surface area contributed by atoms with E-state index in [4.69, 9.17) is 4.74 Å². The Kier molecular flexibility index (Phi) is 7.89. The van der Waals surface area contributed by atoms with E-state index in [0.717, 1.165) is 0 Å². The average Bonchev–Trinajstić information content (AvgIpc) is 2.67. The molecule has 2 aromatic rings. The molecule has 166 valence electrons. The van der Waals surface area contributed by atoms with Crippen molar-refractivity contribution < 1.29 is 27.5 Å². The molecule has 3 N–H and O–H groups in total. The second-order valence-corrected chi connectivity index (χ2v) is 8.81. The Morgan fingerprint density at radius 3 is 2.13 bits per heavy atom. The summed E-state index contributed by atoms with van der Waals surface area (Å²) in [6.45, 7) is 6.19. The van der Waals surface area contributed by atoms with Gasteiger partial charge >= 0.3 is 5.97 Å². The standard InChI is InChI=1S/C21H25N3O6S/c1-13(2)24-31(28,29)19-10-8-17(9-11-19)23-20(26)14(3)30-21(27)16-6-5-7-18(12-16)22-15(4)25/h5-14,24H,1-4H3,(H,22,25)(H,23,26)/t14-/m1/s1. The zero-order valence-electron chi connectivity index (χ0n) is 17.6. The molecule has 0 fully saturated rings. The molecule has 0 heterocycles. The molecule has 1 atom stereocenters. The molecule has 10 heteroatoms. The van der Waals surface area contributed by atoms with Crippen LogP contribution < -0.4 is 15.4 Å². The second kappa shape index (κ2) is 10.2. The number of amides is 2. The first-order valence-corrected chi connectivity index (χ1v) is 11.0. The highest BCUT2D eigenvalue weighted by Crippen LogP contribution is 2.16. The van der Waals surface area contributed by atoms with Crippen molar-refractivity contribution in [2.45, 2.75) is 44.7 Å². The van der Waals surface area contributed by atoms with Crippen LogP contribution in [0.5, 0.6) is 0 Å². The van der Waals surface area contributed by atoms with Gasteiger partial charge in [0.05, 0.1) is 10.5 Å². The van der Waals surface area contributed by atoms with Crippen LogP contribution in [0.2, 0.25) is 0 Å². The second-order valence-electron chi connectivity index (χ2n) is 7.10. The fourth-order valence-electron chi connectivity index (χ4n) is 2.55. The number of hydrogen-bond donors (Lipinski definition) is 3. The average molecular weight is 448 g/mol. The number of hydrogen-bond acceptors (Lipinski definition) is 6. The molecule has 2 amide bonds. The number of benzene rings is 2. The molecule has 0 radical (unpaired) electrons. The van der Waals surface area contributed by atoms with E-state index in [2.05, 4.69) is 15.4 Å². The smallest absolute Gasteiger partial charge is 0.338 e. The predicted molar refractivity (Wildman–Crippen MR) is 116 cm³/mol. The van der Waals surface area contributed by atoms with Gasteiger partial charge in [0.1, 0.15) is 0 Å². The number of carbonyl (C=O) groups excluding carboxylic acids is 3. The van der Waals surface area contributed by atoms with Gasteiger partial charge in [0, 0.05) is 24.3 Å². The Labute approximate surface area is 181 Å². The molecule has 2 aromatic carbocycles. The maximum atomic E-state index is 12.3. The maximum Gasteiger partial charge on any atom is 0.338 e. The molecule has 0 aliphatic heterocycles. The van der Waals surface area contributed by atoms with E-state index < -0.39 is 28.0 Å². The lowest BCUT2D eigenvalue weighted by molar-refractivity contribution is -0.123. The van der Waals surface area contributed by atoms with E-state index in [0.29, 0.717) is 11.4 Å². The van der Waals surface area contributed by atoms with Crippen LogP contribution in [0.4, 0.5) is 11.4 Å². The lowest BCUT2D eigenvalue weighted by Crippen LogP contribution is -2.30. The molecule has 0 saturated heterocycles. The molecular weight excluding hydrogens is 422 g/mol. The number of rotatable bonds is 8. The molecule has 0 saturated carbocycles. The summed E-state index contributed by atoms with van der Waals surface area (Å²) in [6.07, 6.45) is -1.11. The largest absolute Gasteiger partial charge is 0.449 e. The normalized spacial score (nSPS) is 12.2. The Balaban J connectivity index is 1.99. The van der Waals surface area contributed by atoms with Crippen LogP contribution in [-0.4, -0.2) is 38.3 Å². The number of ether oxygens (including phenoxy) is 1. The summed E-state index contributed by atoms with van der Waals surface area (Å²) in [4.78, 5) is 35.9. The lowest BCUT2D eigenvalue weighted by Gasteiger charge is -2.14. The maximum absolute atomic E-state index is 12.3. The topological polar surface area (TPSA) is 131 Å². The summed E-state index contributed by atoms with van der Waals surface area (Å²) in [5.41, 5.74) is 0.961. The van der Waals surface area contributed by atoms with Gasteiger partial charge in [-0.15, -0.1) is 0 Å². The Morgan fingerprint density at radius 1 is 0.903 bits per heavy atom. The van der Waals surface area contributed by atoms with Crippen LogP contribution in [-0.2, 0) is 24.3 Å². The molecule has 0 aliphatic rings. The Hall–Kier alpha value is -3.24. The minimum Gasteiger partial charge on any atom is -0.449 e. The fraction of sp³-hybridized carbons (Fsp3) is 0.286. The molecule has 0 spiro atoms. The van der Waals surface area contributed by atoms with Crippen LogP contribution in [0.1, 0.15) is 38.1 Å². The number of esters is 1. The zero-order chi connectivity index (χ0) is 23.2. The highest BCUT2D eigenvalue weighted by atomic mass is 32.2. The number of anilines is 2. The third-order valence-electron chi connectivity index (χ3n) is 3.89. The van der Waals surface area contributed by atoms with E-state index in [1.54, 1.807) is 26.0 Å². The molecule has 0 aromatic heterocycles. The molecule has 2 rings (SSSR count). The van der Waals surface area contributed by atoms with Crippen LogP contribution >= 0.6 is 0 Å². The van der Waals surface area contributed by atoms with Crippen LogP contribution in [0.15, 0.2) is 53.4 Å². The molecule has 0 aliphatic carbocycles. The highest BCUT2D eigenvalue weighted by Gasteiger charge is 2.20. The summed E-state index contributed by atoms with van der Waals surface area (Å²) >= 11 is 0. The van der Waals surface area contributed by atoms with Gasteiger partial charge in [0.2, 0.25) is 15.9 Å². The van der Waals surface area contributed by atoms with Gasteiger partial charge in [0.25, 0.3) is 5.91 Å². The first-order valence-electron chi connectivity index (χ1n) is 9.50. The summed E-state index contributed by atoms with van der Waals surface area (Å²) in [5, 5.41) is 5.13. The van der Waals surface area contributed by atoms with E-state index in [-0.39, 0.29) is 22.4 Å². The van der Waals surface area contributed by atoms with E-state index in [9.17, 15) is 22.8 Å². The van der Waals surface area contributed by atoms with Crippen LogP contribution in [0.25, 0.3) is 0 Å². The third-order valence-corrected chi connectivity index (χ3v) is 5.57. The van der Waals surface area contributed by atoms with Crippen molar-refractivity contribution >= 4 is 39.2 Å². The zero-order valence-corrected chi connectivity index (χ0v) is 18.4. The van der Waals surface area contributed by atoms with Gasteiger partial charge in [-0.05, 0) is 63.2 Å². The predicted octanol–water partition coefficient (Wildman–Crippen LogP) is 2.52. The molecule has 9 nitrogen and oxygen atoms in total. The molecule has 31 heavy (non-hydrogen) atoms. The Morgan fingerprint density at radius 2 is 1.55 bits per heavy atom. The fourth-order valence-corrected chi connectivity index (χ4v) is 3.80. The molecule has 0 bridgehead atoms. The summed E-state index contributed by atoms with van der Waals surface area (Å²) < 4.78 is 31.9. The Bertz CT molecular complexity index is 1060. The summed E-state index contributed by atoms with van der Waals surface area (Å²) in [5.74, 6) is -1.59. The van der Waals surface area contributed by atoms with Crippen molar-refractivity contribution in [1.82, 2.24) is 4.72 Å². The van der Waals surface area contributed by atoms with E-state index in [1.807, 2.05) is 0 Å². The number of carbonyl (C=O) groups is 3. The molecule has 0 unspecified atom stereocenters. The highest BCUT2D eigenvalue weighted by molar-refractivity contribution is 7.89. The van der Waals surface area contributed by atoms with Crippen molar-refractivity contribution in [2.75, 3.05) is 10.6 Å². The van der Waals surface area contributed by atoms with Crippen molar-refractivity contribution in [2.24, 2.45) is 0 Å². The van der Waals surface area contributed by atoms with E-state index >= 15 is 0 Å². The van der Waals surface area contributed by atoms with Crippen molar-refractivity contribution in [1.29, 1.82) is 0 Å². The van der Waals surface area contributed by atoms with Gasteiger partial charge in [0.15, 0.2) is 6.10 Å². The van der Waals surface area contributed by atoms with Gasteiger partial charge in [-0.25, -0.2) is 17.9 Å². The lowest BCUT2D eigenvalue weighted by atomic mass is 10.2. The van der Waals surface area contributed by atoms with Crippen LogP contribution in [0.3, 0.4) is 0 Å². The van der Waals surface area contributed by atoms with Gasteiger partial charge in [-0.2, -0.15) is 0 Å². The third kappa shape index (κ3) is 7.19. The van der Waals surface area contributed by atoms with Gasteiger partial charge in [-0.3, -0.25) is 9.59 Å². The first kappa shape index (κ1) is 24.0. The number of sulfonamides is 1. The summed E-state index contributed by atoms with van der Waals surface area (Å²) in [7, 11) is -3.64. The monoisotopic (exact) mass is 447 g/mol. The summed E-state index contributed by atoms with van der Waals surface area (Å²) in [6, 6.07) is 11.5. The first-order chi connectivity index (χ1) is 14.5. The molecular formula is C21H25N3O6S. The minimum atomic E-state index is -3.64. The van der Waals surface area contributed by atoms with Crippen molar-refractivity contribution in [3.63, 3.8) is 0 Å². The van der Waals surface area contributed by atoms with Crippen molar-refractivity contribution in [3.05, 3.63) is 54.1 Å². The van der Waals surface area contributed by atoms with Crippen molar-refractivity contribution in [3.8, 4) is 0 Å².